The highest BCUT2D eigenvalue weighted by atomic mass is 16.3. The fourth-order valence-corrected chi connectivity index (χ4v) is 2.57. The molecule has 1 aromatic carbocycles. The van der Waals surface area contributed by atoms with Gasteiger partial charge in [0.05, 0.1) is 13.2 Å². The number of benzene rings is 1. The quantitative estimate of drug-likeness (QED) is 0.834. The molecular weight excluding hydrogens is 240 g/mol. The lowest BCUT2D eigenvalue weighted by molar-refractivity contribution is -0.122. The Morgan fingerprint density at radius 3 is 3.11 bits per heavy atom. The van der Waals surface area contributed by atoms with Crippen molar-refractivity contribution in [1.82, 2.24) is 10.2 Å². The number of nitrogens with zero attached hydrogens (tertiary/aromatic N) is 1. The molecule has 1 saturated heterocycles. The maximum absolute atomic E-state index is 11.9. The fraction of sp³-hybridized carbons (Fsp3) is 0.533. The molecule has 0 radical (unpaired) electrons. The van der Waals surface area contributed by atoms with Crippen molar-refractivity contribution in [3.05, 3.63) is 35.4 Å². The van der Waals surface area contributed by atoms with E-state index in [-0.39, 0.29) is 18.6 Å². The molecule has 1 amide bonds. The molecule has 19 heavy (non-hydrogen) atoms. The van der Waals surface area contributed by atoms with E-state index in [4.69, 9.17) is 0 Å². The molecule has 0 unspecified atom stereocenters. The molecule has 1 atom stereocenters. The van der Waals surface area contributed by atoms with E-state index in [9.17, 15) is 9.90 Å². The first-order valence-electron chi connectivity index (χ1n) is 6.86. The Hall–Kier alpha value is -1.39. The number of rotatable bonds is 5. The van der Waals surface area contributed by atoms with Crippen LogP contribution in [0.5, 0.6) is 0 Å². The van der Waals surface area contributed by atoms with Crippen LogP contribution in [0.25, 0.3) is 0 Å². The average molecular weight is 262 g/mol. The molecule has 0 spiro atoms. The Kier molecular flexibility index (Phi) is 4.93. The molecule has 4 heteroatoms. The van der Waals surface area contributed by atoms with Gasteiger partial charge in [0.15, 0.2) is 0 Å². The van der Waals surface area contributed by atoms with Crippen molar-refractivity contribution in [2.75, 3.05) is 19.7 Å². The van der Waals surface area contributed by atoms with Gasteiger partial charge in [-0.15, -0.1) is 0 Å². The van der Waals surface area contributed by atoms with Gasteiger partial charge in [0.1, 0.15) is 0 Å². The molecule has 2 N–H and O–H groups in total. The first-order valence-corrected chi connectivity index (χ1v) is 6.86. The molecule has 1 aromatic rings. The van der Waals surface area contributed by atoms with Crippen LogP contribution in [0, 0.1) is 6.92 Å². The van der Waals surface area contributed by atoms with Crippen LogP contribution in [0.4, 0.5) is 0 Å². The van der Waals surface area contributed by atoms with Crippen molar-refractivity contribution in [3.63, 3.8) is 0 Å². The molecule has 1 aliphatic heterocycles. The lowest BCUT2D eigenvalue weighted by atomic mass is 10.1. The molecule has 0 aromatic heterocycles. The van der Waals surface area contributed by atoms with Crippen molar-refractivity contribution in [3.8, 4) is 0 Å². The number of aliphatic hydroxyl groups excluding tert-OH is 1. The van der Waals surface area contributed by atoms with Gasteiger partial charge >= 0.3 is 0 Å². The van der Waals surface area contributed by atoms with E-state index in [2.05, 4.69) is 16.3 Å². The number of aryl methyl sites for hydroxylation is 1. The van der Waals surface area contributed by atoms with Gasteiger partial charge < -0.3 is 10.4 Å². The minimum absolute atomic E-state index is 0.0295. The Morgan fingerprint density at radius 2 is 2.37 bits per heavy atom. The lowest BCUT2D eigenvalue weighted by Gasteiger charge is -2.21. The number of likely N-dealkylation sites (tertiary alicyclic amines) is 1. The topological polar surface area (TPSA) is 52.6 Å². The van der Waals surface area contributed by atoms with E-state index >= 15 is 0 Å². The van der Waals surface area contributed by atoms with E-state index in [1.165, 1.54) is 5.56 Å². The number of carbonyl (C=O) groups is 1. The van der Waals surface area contributed by atoms with Gasteiger partial charge in [0.2, 0.25) is 5.91 Å². The summed E-state index contributed by atoms with van der Waals surface area (Å²) in [4.78, 5) is 13.9. The molecule has 1 fully saturated rings. The van der Waals surface area contributed by atoms with E-state index in [0.717, 1.165) is 24.9 Å². The second-order valence-electron chi connectivity index (χ2n) is 5.21. The number of nitrogens with one attached hydrogen (secondary N) is 1. The fourth-order valence-electron chi connectivity index (χ4n) is 2.57. The van der Waals surface area contributed by atoms with Crippen molar-refractivity contribution < 1.29 is 9.90 Å². The molecule has 0 aliphatic carbocycles. The Labute approximate surface area is 114 Å². The summed E-state index contributed by atoms with van der Waals surface area (Å²) in [5, 5.41) is 12.1. The smallest absolute Gasteiger partial charge is 0.234 e. The summed E-state index contributed by atoms with van der Waals surface area (Å²) < 4.78 is 0. The molecule has 1 heterocycles. The molecular formula is C15H22N2O2. The second kappa shape index (κ2) is 6.68. The number of aliphatic hydroxyl groups is 1. The Bertz CT molecular complexity index is 434. The zero-order valence-corrected chi connectivity index (χ0v) is 11.4. The summed E-state index contributed by atoms with van der Waals surface area (Å²) >= 11 is 0. The van der Waals surface area contributed by atoms with Crippen LogP contribution in [0.2, 0.25) is 0 Å². The highest BCUT2D eigenvalue weighted by molar-refractivity contribution is 5.78. The molecule has 0 saturated carbocycles. The number of hydrogen-bond acceptors (Lipinski definition) is 3. The van der Waals surface area contributed by atoms with Crippen LogP contribution in [0.1, 0.15) is 24.0 Å². The monoisotopic (exact) mass is 262 g/mol. The highest BCUT2D eigenvalue weighted by Crippen LogP contribution is 2.15. The summed E-state index contributed by atoms with van der Waals surface area (Å²) in [6.45, 7) is 4.05. The van der Waals surface area contributed by atoms with Gasteiger partial charge in [0, 0.05) is 12.6 Å². The maximum atomic E-state index is 11.9. The first kappa shape index (κ1) is 14.0. The number of carbonyl (C=O) groups excluding carboxylic acids is 1. The first-order chi connectivity index (χ1) is 9.19. The summed E-state index contributed by atoms with van der Waals surface area (Å²) in [5.74, 6) is 0.0295. The summed E-state index contributed by atoms with van der Waals surface area (Å²) in [5.41, 5.74) is 2.32. The lowest BCUT2D eigenvalue weighted by Crippen LogP contribution is -2.40. The third-order valence-corrected chi connectivity index (χ3v) is 3.63. The van der Waals surface area contributed by atoms with Crippen LogP contribution < -0.4 is 5.32 Å². The molecule has 4 nitrogen and oxygen atoms in total. The van der Waals surface area contributed by atoms with Crippen LogP contribution in [-0.4, -0.2) is 41.7 Å². The summed E-state index contributed by atoms with van der Waals surface area (Å²) in [6.07, 6.45) is 2.05. The number of hydrogen-bond donors (Lipinski definition) is 2. The maximum Gasteiger partial charge on any atom is 0.234 e. The summed E-state index contributed by atoms with van der Waals surface area (Å²) in [7, 11) is 0. The third-order valence-electron chi connectivity index (χ3n) is 3.63. The van der Waals surface area contributed by atoms with Crippen LogP contribution in [0.15, 0.2) is 24.3 Å². The Morgan fingerprint density at radius 1 is 1.53 bits per heavy atom. The van der Waals surface area contributed by atoms with Gasteiger partial charge in [-0.05, 0) is 31.9 Å². The van der Waals surface area contributed by atoms with Gasteiger partial charge in [-0.25, -0.2) is 0 Å². The predicted molar refractivity (Wildman–Crippen MR) is 74.7 cm³/mol. The van der Waals surface area contributed by atoms with E-state index < -0.39 is 0 Å². The van der Waals surface area contributed by atoms with E-state index in [1.54, 1.807) is 0 Å². The van der Waals surface area contributed by atoms with Gasteiger partial charge in [0.25, 0.3) is 0 Å². The zero-order chi connectivity index (χ0) is 13.7. The molecule has 104 valence electrons. The number of amides is 1. The normalized spacial score (nSPS) is 19.6. The standard InChI is InChI=1S/C15H22N2O2/c1-12-4-2-5-13(8-12)9-16-15(19)10-17-7-3-6-14(17)11-18/h2,4-5,8,14,18H,3,6-7,9-11H2,1H3,(H,16,19)/t14-/m1/s1. The van der Waals surface area contributed by atoms with Crippen molar-refractivity contribution in [2.45, 2.75) is 32.4 Å². The summed E-state index contributed by atoms with van der Waals surface area (Å²) in [6, 6.07) is 8.29. The SMILES string of the molecule is Cc1cccc(CNC(=O)CN2CCC[C@@H]2CO)c1. The van der Waals surface area contributed by atoms with Crippen LogP contribution in [-0.2, 0) is 11.3 Å². The zero-order valence-electron chi connectivity index (χ0n) is 11.4. The van der Waals surface area contributed by atoms with Crippen molar-refractivity contribution in [2.24, 2.45) is 0 Å². The molecule has 0 bridgehead atoms. The molecule has 1 aliphatic rings. The van der Waals surface area contributed by atoms with Crippen LogP contribution >= 0.6 is 0 Å². The van der Waals surface area contributed by atoms with Crippen molar-refractivity contribution >= 4 is 5.91 Å². The minimum atomic E-state index is 0.0295. The predicted octanol–water partition coefficient (Wildman–Crippen LogP) is 1.07. The van der Waals surface area contributed by atoms with E-state index in [1.807, 2.05) is 25.1 Å². The minimum Gasteiger partial charge on any atom is -0.395 e. The van der Waals surface area contributed by atoms with Gasteiger partial charge in [-0.3, -0.25) is 9.69 Å². The molecule has 2 rings (SSSR count). The average Bonchev–Trinajstić information content (AvgIpc) is 2.84. The Balaban J connectivity index is 1.78. The van der Waals surface area contributed by atoms with E-state index in [0.29, 0.717) is 13.1 Å². The van der Waals surface area contributed by atoms with Gasteiger partial charge in [-0.1, -0.05) is 29.8 Å². The third kappa shape index (κ3) is 4.04. The largest absolute Gasteiger partial charge is 0.395 e. The van der Waals surface area contributed by atoms with Crippen LogP contribution in [0.3, 0.4) is 0 Å². The van der Waals surface area contributed by atoms with Gasteiger partial charge in [-0.2, -0.15) is 0 Å². The van der Waals surface area contributed by atoms with Crippen molar-refractivity contribution in [1.29, 1.82) is 0 Å². The highest BCUT2D eigenvalue weighted by Gasteiger charge is 2.25. The second-order valence-corrected chi connectivity index (χ2v) is 5.21.